The first-order valence-electron chi connectivity index (χ1n) is 9.03. The summed E-state index contributed by atoms with van der Waals surface area (Å²) in [6.07, 6.45) is 0. The summed E-state index contributed by atoms with van der Waals surface area (Å²) < 4.78 is 46.2. The molecule has 5 nitrogen and oxygen atoms in total. The molecule has 1 saturated heterocycles. The number of benzene rings is 2. The monoisotopic (exact) mass is 392 g/mol. The molecule has 0 amide bonds. The quantitative estimate of drug-likeness (QED) is 0.787. The predicted octanol–water partition coefficient (Wildman–Crippen LogP) is 2.63. The van der Waals surface area contributed by atoms with Crippen molar-refractivity contribution in [3.8, 4) is 0 Å². The van der Waals surface area contributed by atoms with Gasteiger partial charge in [0.2, 0.25) is 10.0 Å². The molecule has 0 spiro atoms. The van der Waals surface area contributed by atoms with Gasteiger partial charge in [0, 0.05) is 25.7 Å². The lowest BCUT2D eigenvalue weighted by Gasteiger charge is -2.35. The fourth-order valence-electron chi connectivity index (χ4n) is 3.19. The van der Waals surface area contributed by atoms with Gasteiger partial charge in [-0.3, -0.25) is 4.90 Å². The van der Waals surface area contributed by atoms with Crippen LogP contribution in [0.15, 0.2) is 48.5 Å². The van der Waals surface area contributed by atoms with Crippen molar-refractivity contribution >= 4 is 10.0 Å². The van der Waals surface area contributed by atoms with Gasteiger partial charge in [-0.1, -0.05) is 42.0 Å². The third kappa shape index (κ3) is 5.84. The van der Waals surface area contributed by atoms with Crippen LogP contribution in [0.25, 0.3) is 0 Å². The second-order valence-electron chi connectivity index (χ2n) is 6.81. The highest BCUT2D eigenvalue weighted by Gasteiger charge is 2.24. The van der Waals surface area contributed by atoms with E-state index >= 15 is 0 Å². The Hall–Kier alpha value is -1.80. The lowest BCUT2D eigenvalue weighted by Crippen LogP contribution is -2.44. The van der Waals surface area contributed by atoms with E-state index in [-0.39, 0.29) is 24.2 Å². The van der Waals surface area contributed by atoms with E-state index < -0.39 is 10.0 Å². The van der Waals surface area contributed by atoms with Crippen LogP contribution in [0.3, 0.4) is 0 Å². The van der Waals surface area contributed by atoms with Crippen molar-refractivity contribution in [1.82, 2.24) is 9.62 Å². The second-order valence-corrected chi connectivity index (χ2v) is 8.62. The van der Waals surface area contributed by atoms with Crippen LogP contribution in [-0.2, 0) is 20.5 Å². The van der Waals surface area contributed by atoms with Gasteiger partial charge in [0.1, 0.15) is 5.82 Å². The Bertz CT molecular complexity index is 833. The zero-order valence-electron chi connectivity index (χ0n) is 15.4. The zero-order chi connectivity index (χ0) is 19.3. The highest BCUT2D eigenvalue weighted by Crippen LogP contribution is 2.22. The molecular weight excluding hydrogens is 367 g/mol. The molecule has 2 aromatic rings. The summed E-state index contributed by atoms with van der Waals surface area (Å²) >= 11 is 0. The van der Waals surface area contributed by atoms with Gasteiger partial charge in [0.25, 0.3) is 0 Å². The minimum atomic E-state index is -3.53. The number of morpholine rings is 1. The summed E-state index contributed by atoms with van der Waals surface area (Å²) in [5.74, 6) is -0.548. The Balaban J connectivity index is 1.71. The first-order valence-corrected chi connectivity index (χ1v) is 10.7. The summed E-state index contributed by atoms with van der Waals surface area (Å²) in [4.78, 5) is 2.24. The third-order valence-electron chi connectivity index (χ3n) is 4.72. The molecule has 1 heterocycles. The van der Waals surface area contributed by atoms with Crippen LogP contribution >= 0.6 is 0 Å². The fraction of sp³-hybridized carbons (Fsp3) is 0.400. The van der Waals surface area contributed by atoms with E-state index in [4.69, 9.17) is 4.74 Å². The lowest BCUT2D eigenvalue weighted by atomic mass is 10.0. The molecule has 1 N–H and O–H groups in total. The largest absolute Gasteiger partial charge is 0.379 e. The lowest BCUT2D eigenvalue weighted by molar-refractivity contribution is 0.0172. The standard InChI is InChI=1S/C20H25FN2O3S/c1-16-2-6-18(7-3-16)20(23-10-12-26-13-11-23)14-22-27(24,25)15-17-4-8-19(21)9-5-17/h2-9,20,22H,10-15H2,1H3. The van der Waals surface area contributed by atoms with E-state index in [1.807, 2.05) is 31.2 Å². The Morgan fingerprint density at radius 1 is 1.07 bits per heavy atom. The number of sulfonamides is 1. The molecule has 1 atom stereocenters. The highest BCUT2D eigenvalue weighted by molar-refractivity contribution is 7.88. The molecule has 0 radical (unpaired) electrons. The Morgan fingerprint density at radius 3 is 2.33 bits per heavy atom. The van der Waals surface area contributed by atoms with Crippen LogP contribution in [-0.4, -0.2) is 46.2 Å². The number of halogens is 1. The molecule has 0 saturated carbocycles. The minimum Gasteiger partial charge on any atom is -0.379 e. The number of ether oxygens (including phenoxy) is 1. The summed E-state index contributed by atoms with van der Waals surface area (Å²) in [7, 11) is -3.53. The summed E-state index contributed by atoms with van der Waals surface area (Å²) in [6.45, 7) is 5.12. The predicted molar refractivity (Wildman–Crippen MR) is 103 cm³/mol. The van der Waals surface area contributed by atoms with Gasteiger partial charge >= 0.3 is 0 Å². The number of aryl methyl sites for hydroxylation is 1. The molecule has 1 aliphatic rings. The minimum absolute atomic E-state index is 0.0579. The Labute approximate surface area is 160 Å². The maximum Gasteiger partial charge on any atom is 0.215 e. The van der Waals surface area contributed by atoms with E-state index in [0.717, 1.165) is 24.2 Å². The summed E-state index contributed by atoms with van der Waals surface area (Å²) in [6, 6.07) is 13.6. The maximum absolute atomic E-state index is 13.0. The van der Waals surface area contributed by atoms with Crippen molar-refractivity contribution in [2.75, 3.05) is 32.8 Å². The van der Waals surface area contributed by atoms with Gasteiger partial charge in [-0.15, -0.1) is 0 Å². The smallest absolute Gasteiger partial charge is 0.215 e. The number of hydrogen-bond acceptors (Lipinski definition) is 4. The number of hydrogen-bond donors (Lipinski definition) is 1. The molecule has 0 bridgehead atoms. The molecule has 1 aliphatic heterocycles. The first-order chi connectivity index (χ1) is 12.9. The van der Waals surface area contributed by atoms with Gasteiger partial charge in [0.15, 0.2) is 0 Å². The molecule has 2 aromatic carbocycles. The maximum atomic E-state index is 13.0. The van der Waals surface area contributed by atoms with E-state index in [9.17, 15) is 12.8 Å². The van der Waals surface area contributed by atoms with Crippen LogP contribution in [0, 0.1) is 12.7 Å². The van der Waals surface area contributed by atoms with E-state index in [1.165, 1.54) is 24.3 Å². The highest BCUT2D eigenvalue weighted by atomic mass is 32.2. The van der Waals surface area contributed by atoms with Gasteiger partial charge < -0.3 is 4.74 Å². The van der Waals surface area contributed by atoms with E-state index in [0.29, 0.717) is 18.8 Å². The molecule has 3 rings (SSSR count). The van der Waals surface area contributed by atoms with Gasteiger partial charge in [-0.05, 0) is 30.2 Å². The molecule has 0 aromatic heterocycles. The van der Waals surface area contributed by atoms with Crippen LogP contribution in [0.2, 0.25) is 0 Å². The number of nitrogens with one attached hydrogen (secondary N) is 1. The van der Waals surface area contributed by atoms with Crippen LogP contribution in [0.1, 0.15) is 22.7 Å². The average molecular weight is 392 g/mol. The van der Waals surface area contributed by atoms with Crippen molar-refractivity contribution in [1.29, 1.82) is 0 Å². The van der Waals surface area contributed by atoms with Gasteiger partial charge in [-0.2, -0.15) is 0 Å². The topological polar surface area (TPSA) is 58.6 Å². The molecular formula is C20H25FN2O3S. The third-order valence-corrected chi connectivity index (χ3v) is 6.03. The zero-order valence-corrected chi connectivity index (χ0v) is 16.2. The van der Waals surface area contributed by atoms with Crippen molar-refractivity contribution in [2.24, 2.45) is 0 Å². The van der Waals surface area contributed by atoms with Crippen molar-refractivity contribution in [2.45, 2.75) is 18.7 Å². The summed E-state index contributed by atoms with van der Waals surface area (Å²) in [5.41, 5.74) is 2.80. The Morgan fingerprint density at radius 2 is 1.70 bits per heavy atom. The second kappa shape index (κ2) is 8.93. The Kier molecular flexibility index (Phi) is 6.59. The van der Waals surface area contributed by atoms with Gasteiger partial charge in [-0.25, -0.2) is 17.5 Å². The molecule has 1 fully saturated rings. The van der Waals surface area contributed by atoms with Crippen LogP contribution < -0.4 is 4.72 Å². The molecule has 7 heteroatoms. The van der Waals surface area contributed by atoms with E-state index in [2.05, 4.69) is 9.62 Å². The van der Waals surface area contributed by atoms with Crippen molar-refractivity contribution < 1.29 is 17.5 Å². The molecule has 27 heavy (non-hydrogen) atoms. The van der Waals surface area contributed by atoms with Crippen LogP contribution in [0.4, 0.5) is 4.39 Å². The summed E-state index contributed by atoms with van der Waals surface area (Å²) in [5, 5.41) is 0. The number of nitrogens with zero attached hydrogens (tertiary/aromatic N) is 1. The van der Waals surface area contributed by atoms with Crippen molar-refractivity contribution in [3.05, 3.63) is 71.0 Å². The van der Waals surface area contributed by atoms with Gasteiger partial charge in [0.05, 0.1) is 19.0 Å². The van der Waals surface area contributed by atoms with Crippen LogP contribution in [0.5, 0.6) is 0 Å². The molecule has 146 valence electrons. The number of rotatable bonds is 7. The molecule has 1 unspecified atom stereocenters. The fourth-order valence-corrected chi connectivity index (χ4v) is 4.34. The average Bonchev–Trinajstić information content (AvgIpc) is 2.66. The van der Waals surface area contributed by atoms with Crippen molar-refractivity contribution in [3.63, 3.8) is 0 Å². The normalized spacial score (nSPS) is 17.0. The SMILES string of the molecule is Cc1ccc(C(CNS(=O)(=O)Cc2ccc(F)cc2)N2CCOCC2)cc1. The van der Waals surface area contributed by atoms with E-state index in [1.54, 1.807) is 0 Å². The molecule has 0 aliphatic carbocycles. The first kappa shape index (κ1) is 19.9.